The molecule has 2 rings (SSSR count). The summed E-state index contributed by atoms with van der Waals surface area (Å²) in [6.07, 6.45) is 22.5. The van der Waals surface area contributed by atoms with Gasteiger partial charge in [-0.15, -0.1) is 0 Å². The Kier molecular flexibility index (Phi) is 8.44. The Labute approximate surface area is 132 Å². The molecule has 0 heterocycles. The van der Waals surface area contributed by atoms with E-state index in [1.165, 1.54) is 89.9 Å². The van der Waals surface area contributed by atoms with E-state index in [4.69, 9.17) is 0 Å². The molecule has 2 aliphatic carbocycles. The van der Waals surface area contributed by atoms with Gasteiger partial charge in [0.05, 0.1) is 0 Å². The lowest BCUT2D eigenvalue weighted by Gasteiger charge is -2.28. The van der Waals surface area contributed by atoms with Gasteiger partial charge < -0.3 is 0 Å². The van der Waals surface area contributed by atoms with Crippen molar-refractivity contribution in [1.29, 1.82) is 0 Å². The van der Waals surface area contributed by atoms with E-state index in [1.807, 2.05) is 0 Å². The summed E-state index contributed by atoms with van der Waals surface area (Å²) in [5.41, 5.74) is 0. The molecule has 0 amide bonds. The highest BCUT2D eigenvalue weighted by Gasteiger charge is 2.24. The minimum atomic E-state index is 0.569. The van der Waals surface area contributed by atoms with Crippen LogP contribution < -0.4 is 0 Å². The third-order valence-electron chi connectivity index (χ3n) is 5.84. The van der Waals surface area contributed by atoms with Crippen molar-refractivity contribution in [3.05, 3.63) is 0 Å². The summed E-state index contributed by atoms with van der Waals surface area (Å²) >= 11 is 0. The number of Topliss-reactive ketones (excluding diaryl/α,β-unsaturated/α-hetero) is 1. The van der Waals surface area contributed by atoms with Gasteiger partial charge in [-0.25, -0.2) is 0 Å². The van der Waals surface area contributed by atoms with Gasteiger partial charge in [-0.3, -0.25) is 4.79 Å². The molecular weight excluding hydrogens is 256 g/mol. The molecule has 1 unspecified atom stereocenters. The van der Waals surface area contributed by atoms with Gasteiger partial charge in [-0.05, 0) is 24.7 Å². The van der Waals surface area contributed by atoms with Crippen LogP contribution in [-0.4, -0.2) is 5.78 Å². The van der Waals surface area contributed by atoms with Crippen LogP contribution in [0.15, 0.2) is 0 Å². The molecule has 0 saturated heterocycles. The number of ketones is 1. The zero-order chi connectivity index (χ0) is 14.8. The van der Waals surface area contributed by atoms with Crippen LogP contribution in [-0.2, 0) is 4.79 Å². The zero-order valence-electron chi connectivity index (χ0n) is 14.1. The highest BCUT2D eigenvalue weighted by molar-refractivity contribution is 5.78. The highest BCUT2D eigenvalue weighted by Crippen LogP contribution is 2.34. The van der Waals surface area contributed by atoms with Gasteiger partial charge in [0.15, 0.2) is 0 Å². The van der Waals surface area contributed by atoms with E-state index in [9.17, 15) is 4.79 Å². The summed E-state index contributed by atoms with van der Waals surface area (Å²) < 4.78 is 0. The fourth-order valence-corrected chi connectivity index (χ4v) is 4.47. The summed E-state index contributed by atoms with van der Waals surface area (Å²) in [5, 5.41) is 0. The molecule has 0 radical (unpaired) electrons. The SMILES string of the molecule is O=C1CCCCCCCC(C2CCCCCCCCC2)C1. The number of carbonyl (C=O) groups excluding carboxylic acids is 1. The van der Waals surface area contributed by atoms with Crippen LogP contribution in [0.2, 0.25) is 0 Å². The van der Waals surface area contributed by atoms with E-state index in [2.05, 4.69) is 0 Å². The monoisotopic (exact) mass is 292 g/mol. The fourth-order valence-electron chi connectivity index (χ4n) is 4.47. The van der Waals surface area contributed by atoms with Crippen LogP contribution >= 0.6 is 0 Å². The quantitative estimate of drug-likeness (QED) is 0.543. The Morgan fingerprint density at radius 3 is 1.52 bits per heavy atom. The fraction of sp³-hybridized carbons (Fsp3) is 0.950. The standard InChI is InChI=1S/C20H36O/c21-20-16-12-8-4-7-11-15-19(17-20)18-13-9-5-2-1-3-6-10-14-18/h18-19H,1-17H2. The van der Waals surface area contributed by atoms with Gasteiger partial charge >= 0.3 is 0 Å². The second-order valence-electron chi connectivity index (χ2n) is 7.62. The van der Waals surface area contributed by atoms with Gasteiger partial charge in [0.1, 0.15) is 5.78 Å². The van der Waals surface area contributed by atoms with Crippen LogP contribution in [0.25, 0.3) is 0 Å². The van der Waals surface area contributed by atoms with Gasteiger partial charge in [0, 0.05) is 12.8 Å². The third-order valence-corrected chi connectivity index (χ3v) is 5.84. The van der Waals surface area contributed by atoms with Crippen LogP contribution in [0.3, 0.4) is 0 Å². The molecule has 21 heavy (non-hydrogen) atoms. The minimum absolute atomic E-state index is 0.569. The Morgan fingerprint density at radius 1 is 0.524 bits per heavy atom. The molecule has 0 aromatic rings. The van der Waals surface area contributed by atoms with E-state index in [0.29, 0.717) is 5.78 Å². The second-order valence-corrected chi connectivity index (χ2v) is 7.62. The number of hydrogen-bond acceptors (Lipinski definition) is 1. The van der Waals surface area contributed by atoms with E-state index in [1.54, 1.807) is 0 Å². The maximum Gasteiger partial charge on any atom is 0.133 e. The lowest BCUT2D eigenvalue weighted by molar-refractivity contribution is -0.120. The molecule has 0 spiro atoms. The molecule has 1 atom stereocenters. The van der Waals surface area contributed by atoms with Crippen molar-refractivity contribution in [2.75, 3.05) is 0 Å². The summed E-state index contributed by atoms with van der Waals surface area (Å²) in [4.78, 5) is 12.2. The van der Waals surface area contributed by atoms with Crippen molar-refractivity contribution < 1.29 is 4.79 Å². The van der Waals surface area contributed by atoms with Crippen LogP contribution in [0.4, 0.5) is 0 Å². The first-order chi connectivity index (χ1) is 10.4. The summed E-state index contributed by atoms with van der Waals surface area (Å²) in [5.74, 6) is 2.14. The number of carbonyl (C=O) groups is 1. The van der Waals surface area contributed by atoms with Gasteiger partial charge in [-0.2, -0.15) is 0 Å². The topological polar surface area (TPSA) is 17.1 Å². The molecule has 0 bridgehead atoms. The summed E-state index contributed by atoms with van der Waals surface area (Å²) in [6.45, 7) is 0. The Hall–Kier alpha value is -0.330. The van der Waals surface area contributed by atoms with Crippen molar-refractivity contribution in [1.82, 2.24) is 0 Å². The van der Waals surface area contributed by atoms with Crippen LogP contribution in [0.5, 0.6) is 0 Å². The normalized spacial score (nSPS) is 29.0. The van der Waals surface area contributed by atoms with E-state index in [0.717, 1.165) is 31.1 Å². The molecule has 2 aliphatic rings. The van der Waals surface area contributed by atoms with E-state index in [-0.39, 0.29) is 0 Å². The molecule has 0 aromatic carbocycles. The van der Waals surface area contributed by atoms with Crippen molar-refractivity contribution in [3.63, 3.8) is 0 Å². The second kappa shape index (κ2) is 10.4. The van der Waals surface area contributed by atoms with Crippen molar-refractivity contribution in [2.24, 2.45) is 11.8 Å². The van der Waals surface area contributed by atoms with Gasteiger partial charge in [0.2, 0.25) is 0 Å². The first-order valence-corrected chi connectivity index (χ1v) is 9.88. The van der Waals surface area contributed by atoms with E-state index >= 15 is 0 Å². The molecule has 2 saturated carbocycles. The average Bonchev–Trinajstić information content (AvgIpc) is 2.51. The largest absolute Gasteiger partial charge is 0.300 e. The summed E-state index contributed by atoms with van der Waals surface area (Å²) in [7, 11) is 0. The predicted molar refractivity (Wildman–Crippen MR) is 90.5 cm³/mol. The zero-order valence-corrected chi connectivity index (χ0v) is 14.1. The highest BCUT2D eigenvalue weighted by atomic mass is 16.1. The maximum atomic E-state index is 12.2. The van der Waals surface area contributed by atoms with Crippen molar-refractivity contribution in [2.45, 2.75) is 109 Å². The van der Waals surface area contributed by atoms with Crippen LogP contribution in [0, 0.1) is 11.8 Å². The smallest absolute Gasteiger partial charge is 0.133 e. The molecule has 1 nitrogen and oxygen atoms in total. The molecule has 0 aromatic heterocycles. The molecule has 122 valence electrons. The van der Waals surface area contributed by atoms with Crippen molar-refractivity contribution in [3.8, 4) is 0 Å². The van der Waals surface area contributed by atoms with E-state index < -0.39 is 0 Å². The molecule has 0 N–H and O–H groups in total. The Balaban J connectivity index is 1.89. The lowest BCUT2D eigenvalue weighted by Crippen LogP contribution is -2.20. The van der Waals surface area contributed by atoms with Gasteiger partial charge in [-0.1, -0.05) is 83.5 Å². The first kappa shape index (κ1) is 17.0. The minimum Gasteiger partial charge on any atom is -0.300 e. The number of rotatable bonds is 1. The first-order valence-electron chi connectivity index (χ1n) is 9.88. The van der Waals surface area contributed by atoms with Gasteiger partial charge in [0.25, 0.3) is 0 Å². The Bertz CT molecular complexity index is 274. The molecule has 1 heteroatoms. The average molecular weight is 293 g/mol. The number of hydrogen-bond donors (Lipinski definition) is 0. The molecule has 0 aliphatic heterocycles. The molecular formula is C20H36O. The Morgan fingerprint density at radius 2 is 0.952 bits per heavy atom. The summed E-state index contributed by atoms with van der Waals surface area (Å²) in [6, 6.07) is 0. The molecule has 2 fully saturated rings. The third kappa shape index (κ3) is 6.98. The predicted octanol–water partition coefficient (Wildman–Crippen LogP) is 6.45. The van der Waals surface area contributed by atoms with Crippen molar-refractivity contribution >= 4 is 5.78 Å². The lowest BCUT2D eigenvalue weighted by atomic mass is 9.77. The maximum absolute atomic E-state index is 12.2. The van der Waals surface area contributed by atoms with Crippen LogP contribution in [0.1, 0.15) is 109 Å².